The van der Waals surface area contributed by atoms with Crippen LogP contribution in [0.2, 0.25) is 0 Å². The Bertz CT molecular complexity index is 785. The first-order valence-corrected chi connectivity index (χ1v) is 7.71. The Morgan fingerprint density at radius 1 is 1.04 bits per heavy atom. The van der Waals surface area contributed by atoms with E-state index in [1.165, 1.54) is 14.2 Å². The van der Waals surface area contributed by atoms with Crippen molar-refractivity contribution in [2.45, 2.75) is 13.8 Å². The van der Waals surface area contributed by atoms with Crippen LogP contribution in [0.5, 0.6) is 11.5 Å². The van der Waals surface area contributed by atoms with E-state index in [-0.39, 0.29) is 0 Å². The predicted octanol–water partition coefficient (Wildman–Crippen LogP) is 3.12. The zero-order valence-corrected chi connectivity index (χ0v) is 14.7. The summed E-state index contributed by atoms with van der Waals surface area (Å²) in [6, 6.07) is 10.4. The number of benzene rings is 2. The first-order valence-electron chi connectivity index (χ1n) is 7.71. The van der Waals surface area contributed by atoms with E-state index in [0.717, 1.165) is 11.1 Å². The molecule has 0 heterocycles. The number of methoxy groups -OCH3 is 2. The van der Waals surface area contributed by atoms with Gasteiger partial charge in [-0.2, -0.15) is 0 Å². The van der Waals surface area contributed by atoms with Gasteiger partial charge in [0, 0.05) is 6.07 Å². The highest BCUT2D eigenvalue weighted by molar-refractivity contribution is 5.97. The number of aryl methyl sites for hydroxylation is 1. The van der Waals surface area contributed by atoms with Gasteiger partial charge in [0.15, 0.2) is 6.61 Å². The summed E-state index contributed by atoms with van der Waals surface area (Å²) < 4.78 is 15.4. The van der Waals surface area contributed by atoms with Gasteiger partial charge < -0.3 is 19.5 Å². The third-order valence-corrected chi connectivity index (χ3v) is 3.84. The number of esters is 1. The summed E-state index contributed by atoms with van der Waals surface area (Å²) in [4.78, 5) is 24.2. The maximum absolute atomic E-state index is 12.2. The Balaban J connectivity index is 2.01. The first-order chi connectivity index (χ1) is 12.0. The molecule has 0 unspecified atom stereocenters. The summed E-state index contributed by atoms with van der Waals surface area (Å²) in [6.45, 7) is 3.35. The molecule has 2 rings (SSSR count). The average Bonchev–Trinajstić information content (AvgIpc) is 2.61. The number of carbonyl (C=O) groups excluding carboxylic acids is 2. The van der Waals surface area contributed by atoms with Gasteiger partial charge in [-0.05, 0) is 43.2 Å². The molecule has 6 heteroatoms. The smallest absolute Gasteiger partial charge is 0.338 e. The molecule has 0 aliphatic carbocycles. The van der Waals surface area contributed by atoms with Gasteiger partial charge in [0.1, 0.15) is 11.5 Å². The van der Waals surface area contributed by atoms with E-state index < -0.39 is 18.5 Å². The number of rotatable bonds is 6. The van der Waals surface area contributed by atoms with Gasteiger partial charge in [0.05, 0.1) is 25.5 Å². The second-order valence-corrected chi connectivity index (χ2v) is 5.44. The lowest BCUT2D eigenvalue weighted by Gasteiger charge is -2.12. The highest BCUT2D eigenvalue weighted by atomic mass is 16.5. The van der Waals surface area contributed by atoms with Gasteiger partial charge in [-0.25, -0.2) is 4.79 Å². The summed E-state index contributed by atoms with van der Waals surface area (Å²) in [5.41, 5.74) is 2.71. The maximum Gasteiger partial charge on any atom is 0.338 e. The van der Waals surface area contributed by atoms with Crippen LogP contribution in [-0.2, 0) is 9.53 Å². The molecular weight excluding hydrogens is 322 g/mol. The number of ether oxygens (including phenoxy) is 3. The first kappa shape index (κ1) is 18.3. The largest absolute Gasteiger partial charge is 0.497 e. The van der Waals surface area contributed by atoms with Gasteiger partial charge in [0.2, 0.25) is 0 Å². The molecule has 2 aromatic rings. The molecule has 1 N–H and O–H groups in total. The third-order valence-electron chi connectivity index (χ3n) is 3.84. The Kier molecular flexibility index (Phi) is 6.00. The number of nitrogens with one attached hydrogen (secondary N) is 1. The van der Waals surface area contributed by atoms with Crippen LogP contribution in [0.1, 0.15) is 21.5 Å². The number of carbonyl (C=O) groups is 2. The number of hydrogen-bond acceptors (Lipinski definition) is 5. The molecule has 0 fully saturated rings. The fourth-order valence-electron chi connectivity index (χ4n) is 2.28. The molecule has 0 radical (unpaired) electrons. The maximum atomic E-state index is 12.2. The summed E-state index contributed by atoms with van der Waals surface area (Å²) in [5.74, 6) is 0.0534. The van der Waals surface area contributed by atoms with Crippen molar-refractivity contribution < 1.29 is 23.8 Å². The normalized spacial score (nSPS) is 10.1. The third kappa shape index (κ3) is 4.50. The Morgan fingerprint density at radius 3 is 2.48 bits per heavy atom. The standard InChI is InChI=1S/C19H21NO5/c1-12-6-5-7-15(13(12)2)19(22)25-11-18(21)20-16-10-14(23-3)8-9-17(16)24-4/h5-10H,11H2,1-4H3,(H,20,21). The SMILES string of the molecule is COc1ccc(OC)c(NC(=O)COC(=O)c2cccc(C)c2C)c1. The molecule has 0 bridgehead atoms. The van der Waals surface area contributed by atoms with Crippen molar-refractivity contribution in [2.24, 2.45) is 0 Å². The molecule has 6 nitrogen and oxygen atoms in total. The molecular formula is C19H21NO5. The quantitative estimate of drug-likeness (QED) is 0.816. The van der Waals surface area contributed by atoms with Crippen LogP contribution in [0.15, 0.2) is 36.4 Å². The zero-order chi connectivity index (χ0) is 18.4. The van der Waals surface area contributed by atoms with Gasteiger partial charge in [-0.15, -0.1) is 0 Å². The second kappa shape index (κ2) is 8.19. The minimum atomic E-state index is -0.533. The summed E-state index contributed by atoms with van der Waals surface area (Å²) in [6.07, 6.45) is 0. The molecule has 1 amide bonds. The van der Waals surface area contributed by atoms with Crippen molar-refractivity contribution in [3.05, 3.63) is 53.1 Å². The molecule has 25 heavy (non-hydrogen) atoms. The summed E-state index contributed by atoms with van der Waals surface area (Å²) in [7, 11) is 3.03. The lowest BCUT2D eigenvalue weighted by atomic mass is 10.0. The van der Waals surface area contributed by atoms with Crippen molar-refractivity contribution in [1.82, 2.24) is 0 Å². The highest BCUT2D eigenvalue weighted by Crippen LogP contribution is 2.28. The van der Waals surface area contributed by atoms with Crippen LogP contribution >= 0.6 is 0 Å². The van der Waals surface area contributed by atoms with Crippen LogP contribution in [0, 0.1) is 13.8 Å². The lowest BCUT2D eigenvalue weighted by molar-refractivity contribution is -0.119. The predicted molar refractivity (Wildman–Crippen MR) is 94.4 cm³/mol. The Labute approximate surface area is 146 Å². The van der Waals surface area contributed by atoms with Crippen LogP contribution in [0.4, 0.5) is 5.69 Å². The van der Waals surface area contributed by atoms with Gasteiger partial charge in [-0.1, -0.05) is 12.1 Å². The fourth-order valence-corrected chi connectivity index (χ4v) is 2.28. The zero-order valence-electron chi connectivity index (χ0n) is 14.7. The van der Waals surface area contributed by atoms with Gasteiger partial charge in [-0.3, -0.25) is 4.79 Å². The molecule has 0 atom stereocenters. The number of hydrogen-bond donors (Lipinski definition) is 1. The van der Waals surface area contributed by atoms with Gasteiger partial charge in [0.25, 0.3) is 5.91 Å². The van der Waals surface area contributed by atoms with E-state index in [0.29, 0.717) is 22.7 Å². The van der Waals surface area contributed by atoms with Crippen LogP contribution < -0.4 is 14.8 Å². The van der Waals surface area contributed by atoms with Crippen molar-refractivity contribution in [3.8, 4) is 11.5 Å². The van der Waals surface area contributed by atoms with Crippen molar-refractivity contribution in [2.75, 3.05) is 26.1 Å². The van der Waals surface area contributed by atoms with Crippen molar-refractivity contribution in [1.29, 1.82) is 0 Å². The van der Waals surface area contributed by atoms with Crippen LogP contribution in [0.25, 0.3) is 0 Å². The lowest BCUT2D eigenvalue weighted by Crippen LogP contribution is -2.21. The fraction of sp³-hybridized carbons (Fsp3) is 0.263. The molecule has 0 saturated carbocycles. The molecule has 0 aliphatic heterocycles. The summed E-state index contributed by atoms with van der Waals surface area (Å²) in [5, 5.41) is 2.65. The van der Waals surface area contributed by atoms with Crippen LogP contribution in [-0.4, -0.2) is 32.7 Å². The van der Waals surface area contributed by atoms with E-state index in [1.54, 1.807) is 30.3 Å². The number of anilines is 1. The molecule has 0 saturated heterocycles. The molecule has 132 valence electrons. The number of amides is 1. The van der Waals surface area contributed by atoms with Crippen LogP contribution in [0.3, 0.4) is 0 Å². The topological polar surface area (TPSA) is 73.9 Å². The van der Waals surface area contributed by atoms with Crippen molar-refractivity contribution >= 4 is 17.6 Å². The summed E-state index contributed by atoms with van der Waals surface area (Å²) >= 11 is 0. The average molecular weight is 343 g/mol. The monoisotopic (exact) mass is 343 g/mol. The Hall–Kier alpha value is -3.02. The molecule has 0 spiro atoms. The minimum absolute atomic E-state index is 0.396. The van der Waals surface area contributed by atoms with E-state index >= 15 is 0 Å². The molecule has 0 aliphatic rings. The molecule has 0 aromatic heterocycles. The second-order valence-electron chi connectivity index (χ2n) is 5.44. The van der Waals surface area contributed by atoms with E-state index in [4.69, 9.17) is 14.2 Å². The van der Waals surface area contributed by atoms with Crippen molar-refractivity contribution in [3.63, 3.8) is 0 Å². The minimum Gasteiger partial charge on any atom is -0.497 e. The van der Waals surface area contributed by atoms with Gasteiger partial charge >= 0.3 is 5.97 Å². The highest BCUT2D eigenvalue weighted by Gasteiger charge is 2.15. The van der Waals surface area contributed by atoms with E-state index in [9.17, 15) is 9.59 Å². The van der Waals surface area contributed by atoms with E-state index in [1.807, 2.05) is 19.9 Å². The molecule has 2 aromatic carbocycles. The van der Waals surface area contributed by atoms with E-state index in [2.05, 4.69) is 5.32 Å². The Morgan fingerprint density at radius 2 is 1.80 bits per heavy atom.